The molecule has 1 saturated carbocycles. The van der Waals surface area contributed by atoms with E-state index in [2.05, 4.69) is 37.9 Å². The Morgan fingerprint density at radius 3 is 2.47 bits per heavy atom. The van der Waals surface area contributed by atoms with Crippen LogP contribution in [-0.4, -0.2) is 48.3 Å². The first-order valence-electron chi connectivity index (χ1n) is 8.05. The van der Waals surface area contributed by atoms with E-state index in [0.717, 1.165) is 26.2 Å². The zero-order valence-corrected chi connectivity index (χ0v) is 13.3. The van der Waals surface area contributed by atoms with Crippen LogP contribution in [-0.2, 0) is 4.74 Å². The molecule has 2 rings (SSSR count). The van der Waals surface area contributed by atoms with Gasteiger partial charge in [0.2, 0.25) is 0 Å². The Morgan fingerprint density at radius 1 is 1.16 bits per heavy atom. The maximum atomic E-state index is 5.78. The Labute approximate surface area is 119 Å². The minimum absolute atomic E-state index is 0.237. The van der Waals surface area contributed by atoms with E-state index in [0.29, 0.717) is 11.6 Å². The number of ether oxygens (including phenoxy) is 1. The summed E-state index contributed by atoms with van der Waals surface area (Å²) in [6, 6.07) is 0. The van der Waals surface area contributed by atoms with Crippen molar-refractivity contribution in [2.24, 2.45) is 0 Å². The quantitative estimate of drug-likeness (QED) is 0.848. The molecule has 0 aromatic rings. The highest BCUT2D eigenvalue weighted by Gasteiger charge is 2.44. The monoisotopic (exact) mass is 268 g/mol. The Kier molecular flexibility index (Phi) is 4.91. The van der Waals surface area contributed by atoms with E-state index in [1.54, 1.807) is 0 Å². The van der Waals surface area contributed by atoms with Gasteiger partial charge < -0.3 is 10.1 Å². The summed E-state index contributed by atoms with van der Waals surface area (Å²) in [6.45, 7) is 13.1. The van der Waals surface area contributed by atoms with Gasteiger partial charge in [0, 0.05) is 30.7 Å². The average molecular weight is 268 g/mol. The van der Waals surface area contributed by atoms with Crippen molar-refractivity contribution in [1.82, 2.24) is 10.2 Å². The van der Waals surface area contributed by atoms with Crippen LogP contribution in [0.25, 0.3) is 0 Å². The van der Waals surface area contributed by atoms with Gasteiger partial charge in [-0.2, -0.15) is 0 Å². The van der Waals surface area contributed by atoms with E-state index in [-0.39, 0.29) is 5.54 Å². The van der Waals surface area contributed by atoms with Gasteiger partial charge in [-0.15, -0.1) is 0 Å². The van der Waals surface area contributed by atoms with Crippen molar-refractivity contribution in [2.45, 2.75) is 77.0 Å². The van der Waals surface area contributed by atoms with Crippen LogP contribution < -0.4 is 5.32 Å². The molecular weight excluding hydrogens is 236 g/mol. The molecule has 0 unspecified atom stereocenters. The third-order valence-electron chi connectivity index (χ3n) is 4.75. The Bertz CT molecular complexity index is 282. The second-order valence-electron chi connectivity index (χ2n) is 7.36. The van der Waals surface area contributed by atoms with Crippen LogP contribution >= 0.6 is 0 Å². The van der Waals surface area contributed by atoms with Crippen molar-refractivity contribution in [3.05, 3.63) is 0 Å². The van der Waals surface area contributed by atoms with E-state index in [1.165, 1.54) is 32.1 Å². The first kappa shape index (κ1) is 15.3. The predicted octanol–water partition coefficient (Wildman–Crippen LogP) is 2.80. The Hall–Kier alpha value is -0.120. The van der Waals surface area contributed by atoms with E-state index in [4.69, 9.17) is 4.74 Å². The van der Waals surface area contributed by atoms with Crippen molar-refractivity contribution >= 4 is 0 Å². The number of nitrogens with zero attached hydrogens (tertiary/aromatic N) is 1. The number of nitrogens with one attached hydrogen (secondary N) is 1. The van der Waals surface area contributed by atoms with Crippen molar-refractivity contribution < 1.29 is 4.74 Å². The predicted molar refractivity (Wildman–Crippen MR) is 80.6 cm³/mol. The van der Waals surface area contributed by atoms with Gasteiger partial charge in [-0.1, -0.05) is 19.3 Å². The van der Waals surface area contributed by atoms with E-state index in [1.807, 2.05) is 0 Å². The highest BCUT2D eigenvalue weighted by molar-refractivity contribution is 5.03. The Morgan fingerprint density at radius 2 is 1.84 bits per heavy atom. The lowest BCUT2D eigenvalue weighted by Gasteiger charge is -2.54. The fourth-order valence-corrected chi connectivity index (χ4v) is 3.63. The summed E-state index contributed by atoms with van der Waals surface area (Å²) >= 11 is 0. The largest absolute Gasteiger partial charge is 0.377 e. The molecule has 0 aromatic carbocycles. The third-order valence-corrected chi connectivity index (χ3v) is 4.75. The summed E-state index contributed by atoms with van der Waals surface area (Å²) in [4.78, 5) is 2.73. The molecule has 0 amide bonds. The number of hydrogen-bond donors (Lipinski definition) is 1. The normalized spacial score (nSPS) is 27.0. The Balaban J connectivity index is 1.99. The van der Waals surface area contributed by atoms with Gasteiger partial charge in [0.25, 0.3) is 0 Å². The number of piperazine rings is 1. The topological polar surface area (TPSA) is 24.5 Å². The smallest absolute Gasteiger partial charge is 0.0597 e. The van der Waals surface area contributed by atoms with Gasteiger partial charge in [-0.25, -0.2) is 0 Å². The molecular formula is C16H32N2O. The van der Waals surface area contributed by atoms with Gasteiger partial charge in [0.1, 0.15) is 0 Å². The summed E-state index contributed by atoms with van der Waals surface area (Å²) in [5, 5.41) is 3.77. The summed E-state index contributed by atoms with van der Waals surface area (Å²) < 4.78 is 5.78. The molecule has 1 aliphatic heterocycles. The molecule has 2 fully saturated rings. The maximum Gasteiger partial charge on any atom is 0.0597 e. The summed E-state index contributed by atoms with van der Waals surface area (Å²) in [5.74, 6) is 0. The molecule has 0 bridgehead atoms. The fourth-order valence-electron chi connectivity index (χ4n) is 3.63. The molecule has 1 N–H and O–H groups in total. The highest BCUT2D eigenvalue weighted by atomic mass is 16.5. The van der Waals surface area contributed by atoms with Crippen LogP contribution in [0.15, 0.2) is 0 Å². The van der Waals surface area contributed by atoms with Gasteiger partial charge in [0.05, 0.1) is 12.7 Å². The number of hydrogen-bond acceptors (Lipinski definition) is 3. The van der Waals surface area contributed by atoms with Gasteiger partial charge >= 0.3 is 0 Å². The maximum absolute atomic E-state index is 5.78. The molecule has 2 aliphatic rings. The molecule has 1 saturated heterocycles. The molecule has 19 heavy (non-hydrogen) atoms. The number of rotatable bonds is 4. The minimum Gasteiger partial charge on any atom is -0.377 e. The third kappa shape index (κ3) is 3.93. The lowest BCUT2D eigenvalue weighted by molar-refractivity contribution is -0.0347. The van der Waals surface area contributed by atoms with Crippen molar-refractivity contribution in [3.8, 4) is 0 Å². The molecule has 112 valence electrons. The van der Waals surface area contributed by atoms with Gasteiger partial charge in [-0.05, 0) is 40.5 Å². The van der Waals surface area contributed by atoms with Crippen LogP contribution in [0.4, 0.5) is 0 Å². The second kappa shape index (κ2) is 6.11. The van der Waals surface area contributed by atoms with Gasteiger partial charge in [0.15, 0.2) is 0 Å². The van der Waals surface area contributed by atoms with Gasteiger partial charge in [-0.3, -0.25) is 4.90 Å². The summed E-state index contributed by atoms with van der Waals surface area (Å²) in [7, 11) is 0. The minimum atomic E-state index is 0.237. The van der Waals surface area contributed by atoms with E-state index < -0.39 is 0 Å². The average Bonchev–Trinajstić information content (AvgIpc) is 2.35. The van der Waals surface area contributed by atoms with E-state index in [9.17, 15) is 0 Å². The lowest BCUT2D eigenvalue weighted by atomic mass is 9.77. The zero-order valence-electron chi connectivity index (χ0n) is 13.3. The zero-order chi connectivity index (χ0) is 13.9. The SMILES string of the molecule is CC(C)OCCN1CC(C)(C)NCC12CCCCC2. The first-order valence-corrected chi connectivity index (χ1v) is 8.05. The van der Waals surface area contributed by atoms with Crippen molar-refractivity contribution in [2.75, 3.05) is 26.2 Å². The summed E-state index contributed by atoms with van der Waals surface area (Å²) in [6.07, 6.45) is 7.27. The fraction of sp³-hybridized carbons (Fsp3) is 1.00. The van der Waals surface area contributed by atoms with Crippen LogP contribution in [0, 0.1) is 0 Å². The molecule has 1 heterocycles. The van der Waals surface area contributed by atoms with Crippen molar-refractivity contribution in [1.29, 1.82) is 0 Å². The molecule has 1 aliphatic carbocycles. The molecule has 0 radical (unpaired) electrons. The molecule has 3 nitrogen and oxygen atoms in total. The van der Waals surface area contributed by atoms with Crippen LogP contribution in [0.2, 0.25) is 0 Å². The molecule has 0 aromatic heterocycles. The van der Waals surface area contributed by atoms with Crippen LogP contribution in [0.1, 0.15) is 59.8 Å². The molecule has 3 heteroatoms. The molecule has 0 atom stereocenters. The standard InChI is InChI=1S/C16H32N2O/c1-14(2)19-11-10-18-13-15(3,4)17-12-16(18)8-6-5-7-9-16/h14,17H,5-13H2,1-4H3. The second-order valence-corrected chi connectivity index (χ2v) is 7.36. The summed E-state index contributed by atoms with van der Waals surface area (Å²) in [5.41, 5.74) is 0.647. The van der Waals surface area contributed by atoms with E-state index >= 15 is 0 Å². The highest BCUT2D eigenvalue weighted by Crippen LogP contribution is 2.36. The van der Waals surface area contributed by atoms with Crippen LogP contribution in [0.5, 0.6) is 0 Å². The van der Waals surface area contributed by atoms with Crippen molar-refractivity contribution in [3.63, 3.8) is 0 Å². The molecule has 1 spiro atoms. The first-order chi connectivity index (χ1) is 8.94. The van der Waals surface area contributed by atoms with Crippen LogP contribution in [0.3, 0.4) is 0 Å². The lowest BCUT2D eigenvalue weighted by Crippen LogP contribution is -2.69.